The van der Waals surface area contributed by atoms with Crippen LogP contribution in [-0.2, 0) is 17.8 Å². The number of hydrogen-bond donors (Lipinski definition) is 1. The van der Waals surface area contributed by atoms with Gasteiger partial charge in [0.1, 0.15) is 6.33 Å². The molecule has 0 saturated carbocycles. The van der Waals surface area contributed by atoms with Gasteiger partial charge in [-0.25, -0.2) is 9.97 Å². The molecule has 0 unspecified atom stereocenters. The average molecular weight is 262 g/mol. The molecule has 2 N–H and O–H groups in total. The van der Waals surface area contributed by atoms with Crippen LogP contribution in [0.3, 0.4) is 0 Å². The number of nitrogens with two attached hydrogens (primary N) is 1. The molecular weight excluding hydrogens is 240 g/mol. The molecule has 104 valence electrons. The summed E-state index contributed by atoms with van der Waals surface area (Å²) in [6.45, 7) is 5.80. The van der Waals surface area contributed by atoms with E-state index in [4.69, 9.17) is 5.73 Å². The standard InChI is InChI=1S/C14H22N4O/c1-3-14(4-2,9-15)13(19)18-6-5-11-7-16-10-17-12(11)8-18/h7,10H,3-6,8-9,15H2,1-2H3. The van der Waals surface area contributed by atoms with Gasteiger partial charge >= 0.3 is 0 Å². The van der Waals surface area contributed by atoms with Crippen LogP contribution in [0.2, 0.25) is 0 Å². The topological polar surface area (TPSA) is 72.1 Å². The second kappa shape index (κ2) is 5.65. The highest BCUT2D eigenvalue weighted by Gasteiger charge is 2.37. The highest BCUT2D eigenvalue weighted by atomic mass is 16.2. The van der Waals surface area contributed by atoms with E-state index < -0.39 is 5.41 Å². The highest BCUT2D eigenvalue weighted by molar-refractivity contribution is 5.83. The Bertz CT molecular complexity index is 448. The van der Waals surface area contributed by atoms with Crippen molar-refractivity contribution in [3.8, 4) is 0 Å². The van der Waals surface area contributed by atoms with Crippen LogP contribution in [0.4, 0.5) is 0 Å². The number of amides is 1. The second-order valence-electron chi connectivity index (χ2n) is 5.16. The second-order valence-corrected chi connectivity index (χ2v) is 5.16. The zero-order valence-electron chi connectivity index (χ0n) is 11.7. The van der Waals surface area contributed by atoms with Gasteiger partial charge in [0.05, 0.1) is 17.7 Å². The first-order valence-electron chi connectivity index (χ1n) is 6.94. The fraction of sp³-hybridized carbons (Fsp3) is 0.643. The van der Waals surface area contributed by atoms with Gasteiger partial charge in [0.15, 0.2) is 0 Å². The zero-order chi connectivity index (χ0) is 13.9. The SMILES string of the molecule is CCC(CC)(CN)C(=O)N1CCc2cncnc2C1. The molecule has 1 aromatic heterocycles. The summed E-state index contributed by atoms with van der Waals surface area (Å²) in [6, 6.07) is 0. The number of fused-ring (bicyclic) bond motifs is 1. The van der Waals surface area contributed by atoms with Crippen LogP contribution >= 0.6 is 0 Å². The van der Waals surface area contributed by atoms with Crippen molar-refractivity contribution in [1.82, 2.24) is 14.9 Å². The summed E-state index contributed by atoms with van der Waals surface area (Å²) >= 11 is 0. The van der Waals surface area contributed by atoms with Crippen molar-refractivity contribution in [2.45, 2.75) is 39.7 Å². The first-order valence-corrected chi connectivity index (χ1v) is 6.94. The van der Waals surface area contributed by atoms with Crippen molar-refractivity contribution in [2.75, 3.05) is 13.1 Å². The lowest BCUT2D eigenvalue weighted by molar-refractivity contribution is -0.143. The fourth-order valence-corrected chi connectivity index (χ4v) is 2.69. The third-order valence-electron chi connectivity index (χ3n) is 4.36. The first kappa shape index (κ1) is 13.9. The van der Waals surface area contributed by atoms with Crippen molar-refractivity contribution < 1.29 is 4.79 Å². The molecule has 0 bridgehead atoms. The normalized spacial score (nSPS) is 15.2. The van der Waals surface area contributed by atoms with Gasteiger partial charge in [-0.3, -0.25) is 4.79 Å². The summed E-state index contributed by atoms with van der Waals surface area (Å²) in [4.78, 5) is 22.9. The molecule has 0 aromatic carbocycles. The Balaban J connectivity index is 2.18. The molecular formula is C14H22N4O. The lowest BCUT2D eigenvalue weighted by Crippen LogP contribution is -2.49. The van der Waals surface area contributed by atoms with Crippen LogP contribution in [-0.4, -0.2) is 33.9 Å². The number of hydrogen-bond acceptors (Lipinski definition) is 4. The predicted molar refractivity (Wildman–Crippen MR) is 73.2 cm³/mol. The molecule has 2 heterocycles. The van der Waals surface area contributed by atoms with E-state index >= 15 is 0 Å². The molecule has 5 heteroatoms. The third-order valence-corrected chi connectivity index (χ3v) is 4.36. The number of aromatic nitrogens is 2. The van der Waals surface area contributed by atoms with Crippen molar-refractivity contribution in [2.24, 2.45) is 11.1 Å². The third kappa shape index (κ3) is 2.47. The number of carbonyl (C=O) groups excluding carboxylic acids is 1. The van der Waals surface area contributed by atoms with Crippen LogP contribution in [0.25, 0.3) is 0 Å². The maximum absolute atomic E-state index is 12.7. The Hall–Kier alpha value is -1.49. The minimum atomic E-state index is -0.412. The number of nitrogens with zero attached hydrogens (tertiary/aromatic N) is 3. The van der Waals surface area contributed by atoms with Crippen LogP contribution in [0.1, 0.15) is 37.9 Å². The van der Waals surface area contributed by atoms with E-state index in [1.165, 1.54) is 0 Å². The van der Waals surface area contributed by atoms with Gasteiger partial charge < -0.3 is 10.6 Å². The molecule has 1 aromatic rings. The first-order chi connectivity index (χ1) is 9.16. The van der Waals surface area contributed by atoms with E-state index in [-0.39, 0.29) is 5.91 Å². The molecule has 0 aliphatic carbocycles. The Morgan fingerprint density at radius 3 is 2.84 bits per heavy atom. The largest absolute Gasteiger partial charge is 0.336 e. The quantitative estimate of drug-likeness (QED) is 0.882. The van der Waals surface area contributed by atoms with Crippen LogP contribution < -0.4 is 5.73 Å². The van der Waals surface area contributed by atoms with Crippen LogP contribution in [0, 0.1) is 5.41 Å². The van der Waals surface area contributed by atoms with Gasteiger partial charge in [-0.2, -0.15) is 0 Å². The Morgan fingerprint density at radius 1 is 1.47 bits per heavy atom. The van der Waals surface area contributed by atoms with Gasteiger partial charge in [0.25, 0.3) is 0 Å². The molecule has 1 amide bonds. The Labute approximate surface area is 114 Å². The monoisotopic (exact) mass is 262 g/mol. The Morgan fingerprint density at radius 2 is 2.21 bits per heavy atom. The summed E-state index contributed by atoms with van der Waals surface area (Å²) in [7, 11) is 0. The van der Waals surface area contributed by atoms with E-state index in [0.717, 1.165) is 37.1 Å². The molecule has 0 saturated heterocycles. The molecule has 5 nitrogen and oxygen atoms in total. The summed E-state index contributed by atoms with van der Waals surface area (Å²) in [5.74, 6) is 0.171. The van der Waals surface area contributed by atoms with E-state index in [1.54, 1.807) is 6.33 Å². The van der Waals surface area contributed by atoms with Gasteiger partial charge in [-0.15, -0.1) is 0 Å². The van der Waals surface area contributed by atoms with Crippen molar-refractivity contribution in [3.05, 3.63) is 23.8 Å². The van der Waals surface area contributed by atoms with E-state index in [2.05, 4.69) is 9.97 Å². The minimum absolute atomic E-state index is 0.171. The maximum atomic E-state index is 12.7. The molecule has 1 aliphatic heterocycles. The summed E-state index contributed by atoms with van der Waals surface area (Å²) in [5.41, 5.74) is 7.56. The predicted octanol–water partition coefficient (Wildman–Crippen LogP) is 1.13. The van der Waals surface area contributed by atoms with Crippen molar-refractivity contribution in [1.29, 1.82) is 0 Å². The summed E-state index contributed by atoms with van der Waals surface area (Å²) < 4.78 is 0. The Kier molecular flexibility index (Phi) is 4.14. The zero-order valence-corrected chi connectivity index (χ0v) is 11.7. The van der Waals surface area contributed by atoms with Gasteiger partial charge in [0.2, 0.25) is 5.91 Å². The van der Waals surface area contributed by atoms with Crippen LogP contribution in [0.15, 0.2) is 12.5 Å². The lowest BCUT2D eigenvalue weighted by Gasteiger charge is -2.37. The number of rotatable bonds is 4. The van der Waals surface area contributed by atoms with E-state index in [0.29, 0.717) is 13.1 Å². The fourth-order valence-electron chi connectivity index (χ4n) is 2.69. The summed E-state index contributed by atoms with van der Waals surface area (Å²) in [5, 5.41) is 0. The smallest absolute Gasteiger partial charge is 0.230 e. The number of carbonyl (C=O) groups is 1. The van der Waals surface area contributed by atoms with Crippen molar-refractivity contribution >= 4 is 5.91 Å². The highest BCUT2D eigenvalue weighted by Crippen LogP contribution is 2.29. The molecule has 0 fully saturated rings. The lowest BCUT2D eigenvalue weighted by atomic mass is 9.80. The van der Waals surface area contributed by atoms with Crippen LogP contribution in [0.5, 0.6) is 0 Å². The minimum Gasteiger partial charge on any atom is -0.336 e. The van der Waals surface area contributed by atoms with E-state index in [9.17, 15) is 4.79 Å². The molecule has 2 rings (SSSR count). The molecule has 0 atom stereocenters. The van der Waals surface area contributed by atoms with Crippen molar-refractivity contribution in [3.63, 3.8) is 0 Å². The summed E-state index contributed by atoms with van der Waals surface area (Å²) in [6.07, 6.45) is 5.79. The average Bonchev–Trinajstić information content (AvgIpc) is 2.49. The maximum Gasteiger partial charge on any atom is 0.230 e. The van der Waals surface area contributed by atoms with Gasteiger partial charge in [-0.1, -0.05) is 13.8 Å². The molecule has 0 spiro atoms. The molecule has 19 heavy (non-hydrogen) atoms. The molecule has 1 aliphatic rings. The molecule has 0 radical (unpaired) electrons. The van der Waals surface area contributed by atoms with Gasteiger partial charge in [0, 0.05) is 19.3 Å². The van der Waals surface area contributed by atoms with Gasteiger partial charge in [-0.05, 0) is 24.8 Å². The van der Waals surface area contributed by atoms with E-state index in [1.807, 2.05) is 24.9 Å².